The molecule has 0 atom stereocenters. The summed E-state index contributed by atoms with van der Waals surface area (Å²) in [5.41, 5.74) is 30.8. The summed E-state index contributed by atoms with van der Waals surface area (Å²) < 4.78 is 58.5. The van der Waals surface area contributed by atoms with Crippen LogP contribution >= 0.6 is 12.4 Å². The number of alkyl carbamates (subject to hydrolysis) is 4. The fraction of sp³-hybridized carbons (Fsp3) is 0.292. The molecule has 13 rings (SSSR count). The van der Waals surface area contributed by atoms with E-state index in [0.29, 0.717) is 64.0 Å². The maximum atomic E-state index is 12.3. The summed E-state index contributed by atoms with van der Waals surface area (Å²) in [5, 5.41) is 34.1. The van der Waals surface area contributed by atoms with Crippen molar-refractivity contribution in [1.82, 2.24) is 26.3 Å². The van der Waals surface area contributed by atoms with Crippen molar-refractivity contribution in [3.8, 4) is 33.4 Å². The molecule has 1 heterocycles. The minimum absolute atomic E-state index is 0. The topological polar surface area (TPSA) is 376 Å². The van der Waals surface area contributed by atoms with Gasteiger partial charge in [0.2, 0.25) is 6.16 Å². The predicted molar refractivity (Wildman–Crippen MR) is 436 cm³/mol. The van der Waals surface area contributed by atoms with E-state index in [1.54, 1.807) is 0 Å². The number of hydrogen-bond acceptors (Lipinski definition) is 18. The number of alkyl halides is 3. The van der Waals surface area contributed by atoms with Gasteiger partial charge in [-0.25, -0.2) is 28.8 Å². The fourth-order valence-corrected chi connectivity index (χ4v) is 12.9. The summed E-state index contributed by atoms with van der Waals surface area (Å²) in [5.74, 6) is -3.79. The van der Waals surface area contributed by atoms with Crippen molar-refractivity contribution in [2.24, 2.45) is 11.5 Å². The first-order valence-corrected chi connectivity index (χ1v) is 37.6. The first-order valence-electron chi connectivity index (χ1n) is 37.6. The molecule has 0 aromatic heterocycles. The molecule has 1 aliphatic heterocycles. The van der Waals surface area contributed by atoms with Gasteiger partial charge in [0.15, 0.2) is 0 Å². The normalized spacial score (nSPS) is 12.4. The molecule has 0 bridgehead atoms. The number of nitrogens with zero attached hydrogens (tertiary/aromatic N) is 1. The van der Waals surface area contributed by atoms with Crippen molar-refractivity contribution in [3.05, 3.63) is 285 Å². The number of carboxylic acid groups (broad SMARTS) is 3. The molecule has 0 unspecified atom stereocenters. The van der Waals surface area contributed by atoms with E-state index in [1.807, 2.05) is 211 Å². The number of carbonyl (C=O) groups excluding carboxylic acids is 7. The Balaban J connectivity index is 0.000000239. The number of carboxylic acids is 1. The maximum absolute atomic E-state index is 12.3. The number of nitrogens with two attached hydrogens (primary N) is 2. The van der Waals surface area contributed by atoms with Gasteiger partial charge in [-0.2, -0.15) is 13.2 Å². The van der Waals surface area contributed by atoms with Gasteiger partial charge in [0.05, 0.1) is 0 Å². The summed E-state index contributed by atoms with van der Waals surface area (Å²) in [4.78, 5) is 105. The summed E-state index contributed by atoms with van der Waals surface area (Å²) >= 11 is 0. The van der Waals surface area contributed by atoms with E-state index in [1.165, 1.54) is 50.1 Å². The van der Waals surface area contributed by atoms with Crippen LogP contribution in [0.5, 0.6) is 0 Å². The second-order valence-corrected chi connectivity index (χ2v) is 28.9. The van der Waals surface area contributed by atoms with E-state index >= 15 is 0 Å². The summed E-state index contributed by atoms with van der Waals surface area (Å²) in [6.07, 6.45) is -7.41. The number of halogens is 4. The molecule has 9 aromatic rings. The smallest absolute Gasteiger partial charge is 0.565 e. The minimum atomic E-state index is -5.08. The van der Waals surface area contributed by atoms with E-state index in [0.717, 1.165) is 62.9 Å². The van der Waals surface area contributed by atoms with Crippen LogP contribution in [0.4, 0.5) is 41.9 Å². The Morgan fingerprint density at radius 2 is 0.681 bits per heavy atom. The number of aliphatic carboxylic acids is 1. The summed E-state index contributed by atoms with van der Waals surface area (Å²) in [7, 11) is 0. The minimum Gasteiger partial charge on any atom is -0.565 e. The van der Waals surface area contributed by atoms with E-state index in [-0.39, 0.29) is 85.3 Å². The number of fused-ring (bicyclic) bond motifs is 9. The molecule has 0 saturated carbocycles. The zero-order chi connectivity index (χ0) is 84.8. The van der Waals surface area contributed by atoms with Crippen molar-refractivity contribution in [3.63, 3.8) is 0 Å². The molecule has 30 heteroatoms. The maximum Gasteiger partial charge on any atom is 1.00 e. The van der Waals surface area contributed by atoms with Gasteiger partial charge in [-0.15, -0.1) is 12.4 Å². The quantitative estimate of drug-likeness (QED) is 0.0152. The third-order valence-corrected chi connectivity index (χ3v) is 18.2. The standard InChI is InChI=1S/C29H32N2O4.C24H24N2O2.C19H15NO5.C14H22N2O2.C2HF3O2.CH2O3.ClH.Na/c1-29(2,3)35-28(33)31-18-21-14-12-20(13-15-21)16-17-30-27(32)34-19-26-24-10-6-4-8-22(24)23-9-5-7-11-25(23)26;25-15-18-11-9-17(10-12-18)13-14-26-24(27)28-16-23-21-7-3-1-5-19(21)20-6-2-4-8-22(20)23;21-17-9-10-18(22)20(17)25-19(23)24-11-16-14-7-3-1-5-12(14)13-6-2-4-8-15(13)16;1-14(2,3)18-13(17)16-10-12-6-4-11(5-7-12)8-9-15;3-2(4,5)1(6)7;2-1(3)4;;/h4-15,26H,16-19H2,1-3H3,(H,30,32)(H,31,33);1-12,23H,13-16,25H2,(H,26,27);1-8,16H,9-11H2;4-7H,8-10,15H2,1-3H3,(H,16,17);(H,6,7);(H2,2,3,4);1H;/q;;;;;;;+1/p-1. The Bertz CT molecular complexity index is 4740. The van der Waals surface area contributed by atoms with Crippen LogP contribution in [0.1, 0.15) is 139 Å². The van der Waals surface area contributed by atoms with E-state index in [4.69, 9.17) is 64.9 Å². The molecule has 9 aromatic carbocycles. The van der Waals surface area contributed by atoms with Crippen LogP contribution in [0.2, 0.25) is 0 Å². The van der Waals surface area contributed by atoms with E-state index < -0.39 is 65.8 Å². The number of imide groups is 1. The van der Waals surface area contributed by atoms with Crippen LogP contribution < -0.4 is 67.4 Å². The Kier molecular flexibility index (Phi) is 37.4. The van der Waals surface area contributed by atoms with Crippen molar-refractivity contribution in [2.75, 3.05) is 39.5 Å². The molecule has 4 aliphatic rings. The Morgan fingerprint density at radius 1 is 0.420 bits per heavy atom. The number of hydroxylamine groups is 2. The van der Waals surface area contributed by atoms with Crippen molar-refractivity contribution in [2.45, 2.75) is 128 Å². The molecule has 0 radical (unpaired) electrons. The first-order chi connectivity index (χ1) is 55.8. The molecular formula is C89H96ClF3N7NaO18. The van der Waals surface area contributed by atoms with Crippen LogP contribution in [0, 0.1) is 0 Å². The predicted octanol–water partition coefficient (Wildman–Crippen LogP) is 12.2. The van der Waals surface area contributed by atoms with Crippen LogP contribution in [0.15, 0.2) is 218 Å². The van der Waals surface area contributed by atoms with Crippen LogP contribution in [-0.4, -0.2) is 127 Å². The van der Waals surface area contributed by atoms with Gasteiger partial charge in [-0.05, 0) is 167 Å². The monoisotopic (exact) mass is 1670 g/mol. The molecule has 1 saturated heterocycles. The number of benzene rings is 9. The molecule has 1 fully saturated rings. The second-order valence-electron chi connectivity index (χ2n) is 28.9. The van der Waals surface area contributed by atoms with Crippen molar-refractivity contribution in [1.29, 1.82) is 0 Å². The SMILES string of the molecule is CC(C)(C)OC(=O)NCc1ccc(CCN)cc1.CC(C)(C)OC(=O)NCc1ccc(CCNC(=O)OCC2c3ccccc3-c3ccccc32)cc1.Cl.NCc1ccc(CCNC(=O)OCC2c3ccccc3-c3ccccc32)cc1.O=C(O)C(F)(F)F.O=C(OCC1c2ccccc2-c2ccccc21)ON1C(=O)CCC1=O.O=C([O-])O.[Na+]. The van der Waals surface area contributed by atoms with Crippen LogP contribution in [0.25, 0.3) is 33.4 Å². The van der Waals surface area contributed by atoms with Crippen molar-refractivity contribution >= 4 is 66.9 Å². The molecule has 119 heavy (non-hydrogen) atoms. The number of amides is 6. The Morgan fingerprint density at radius 3 is 0.950 bits per heavy atom. The number of ether oxygens (including phenoxy) is 5. The first kappa shape index (κ1) is 96.1. The van der Waals surface area contributed by atoms with Crippen LogP contribution in [-0.2, 0) is 81.8 Å². The summed E-state index contributed by atoms with van der Waals surface area (Å²) in [6, 6.07) is 73.2. The van der Waals surface area contributed by atoms with Gasteiger partial charge in [0.25, 0.3) is 11.8 Å². The number of rotatable bonds is 20. The second kappa shape index (κ2) is 46.4. The van der Waals surface area contributed by atoms with Crippen LogP contribution in [0.3, 0.4) is 0 Å². The zero-order valence-corrected chi connectivity index (χ0v) is 69.8. The zero-order valence-electron chi connectivity index (χ0n) is 67.0. The molecular weight excluding hydrogens is 1570 g/mol. The average Bonchev–Trinajstić information content (AvgIpc) is 1.63. The Hall–Kier alpha value is -11.8. The molecule has 25 nitrogen and oxygen atoms in total. The van der Waals surface area contributed by atoms with Gasteiger partial charge in [0, 0.05) is 63.3 Å². The Labute approximate surface area is 716 Å². The van der Waals surface area contributed by atoms with Gasteiger partial charge in [-0.3, -0.25) is 14.4 Å². The molecule has 0 spiro atoms. The fourth-order valence-electron chi connectivity index (χ4n) is 12.9. The molecule has 3 aliphatic carbocycles. The number of carbonyl (C=O) groups is 9. The van der Waals surface area contributed by atoms with Gasteiger partial charge < -0.3 is 76.5 Å². The third kappa shape index (κ3) is 30.3. The number of hydrogen-bond donors (Lipinski definition) is 8. The largest absolute Gasteiger partial charge is 1.00 e. The molecule has 624 valence electrons. The van der Waals surface area contributed by atoms with E-state index in [9.17, 15) is 46.7 Å². The molecule has 6 amide bonds. The summed E-state index contributed by atoms with van der Waals surface area (Å²) in [6.45, 7) is 14.8. The average molecular weight is 1670 g/mol. The van der Waals surface area contributed by atoms with Gasteiger partial charge in [-0.1, -0.05) is 223 Å². The van der Waals surface area contributed by atoms with Gasteiger partial charge in [0.1, 0.15) is 31.0 Å². The number of nitrogens with one attached hydrogen (secondary N) is 4. The van der Waals surface area contributed by atoms with Gasteiger partial charge >= 0.3 is 72.2 Å². The molecule has 10 N–H and O–H groups in total. The van der Waals surface area contributed by atoms with E-state index in [2.05, 4.69) is 69.8 Å². The third-order valence-electron chi connectivity index (χ3n) is 18.2. The van der Waals surface area contributed by atoms with Crippen molar-refractivity contribution < 1.29 is 130 Å².